The van der Waals surface area contributed by atoms with Crippen LogP contribution in [0.5, 0.6) is 5.75 Å². The fourth-order valence-electron chi connectivity index (χ4n) is 2.80. The van der Waals surface area contributed by atoms with Crippen LogP contribution in [-0.2, 0) is 14.4 Å². The van der Waals surface area contributed by atoms with E-state index in [9.17, 15) is 14.4 Å². The zero-order valence-corrected chi connectivity index (χ0v) is 22.4. The first-order valence-corrected chi connectivity index (χ1v) is 12.1. The summed E-state index contributed by atoms with van der Waals surface area (Å²) in [4.78, 5) is 36.6. The molecule has 0 saturated heterocycles. The summed E-state index contributed by atoms with van der Waals surface area (Å²) in [6.07, 6.45) is 1.27. The summed E-state index contributed by atoms with van der Waals surface area (Å²) in [7, 11) is 0. The molecule has 12 heteroatoms. The van der Waals surface area contributed by atoms with Gasteiger partial charge in [0.05, 0.1) is 21.9 Å². The van der Waals surface area contributed by atoms with E-state index in [-0.39, 0.29) is 22.3 Å². The summed E-state index contributed by atoms with van der Waals surface area (Å²) in [6.45, 7) is 1.55. The van der Waals surface area contributed by atoms with Crippen molar-refractivity contribution in [1.29, 1.82) is 0 Å². The first kappa shape index (κ1) is 27.5. The Morgan fingerprint density at radius 3 is 2.53 bits per heavy atom. The fraction of sp³-hybridized carbons (Fsp3) is 0.0833. The molecule has 0 heterocycles. The van der Waals surface area contributed by atoms with Crippen LogP contribution in [0.25, 0.3) is 0 Å². The Morgan fingerprint density at radius 2 is 1.75 bits per heavy atom. The maximum Gasteiger partial charge on any atom is 0.329 e. The molecule has 0 atom stereocenters. The highest BCUT2D eigenvalue weighted by atomic mass is 79.9. The minimum absolute atomic E-state index is 0.106. The van der Waals surface area contributed by atoms with Crippen LogP contribution in [0.15, 0.2) is 64.2 Å². The van der Waals surface area contributed by atoms with Crippen LogP contribution in [0, 0.1) is 6.92 Å². The highest BCUT2D eigenvalue weighted by Crippen LogP contribution is 2.29. The third-order valence-corrected chi connectivity index (χ3v) is 6.13. The number of hydrogen-bond acceptors (Lipinski definition) is 5. The van der Waals surface area contributed by atoms with Crippen LogP contribution < -0.4 is 20.8 Å². The van der Waals surface area contributed by atoms with Gasteiger partial charge in [0.2, 0.25) is 0 Å². The van der Waals surface area contributed by atoms with E-state index in [0.29, 0.717) is 26.5 Å². The number of carbonyl (C=O) groups is 3. The van der Waals surface area contributed by atoms with Crippen molar-refractivity contribution < 1.29 is 19.1 Å². The summed E-state index contributed by atoms with van der Waals surface area (Å²) in [6, 6.07) is 14.8. The topological polar surface area (TPSA) is 109 Å². The van der Waals surface area contributed by atoms with Crippen molar-refractivity contribution in [1.82, 2.24) is 5.43 Å². The van der Waals surface area contributed by atoms with E-state index in [4.69, 9.17) is 39.5 Å². The molecule has 0 bridgehead atoms. The normalized spacial score (nSPS) is 10.7. The maximum atomic E-state index is 12.4. The number of amides is 3. The fourth-order valence-corrected chi connectivity index (χ4v) is 3.70. The zero-order chi connectivity index (χ0) is 26.2. The first-order chi connectivity index (χ1) is 17.1. The number of aryl methyl sites for hydroxylation is 1. The quantitative estimate of drug-likeness (QED) is 0.177. The van der Waals surface area contributed by atoms with Gasteiger partial charge in [-0.15, -0.1) is 0 Å². The van der Waals surface area contributed by atoms with Gasteiger partial charge < -0.3 is 15.4 Å². The van der Waals surface area contributed by atoms with Gasteiger partial charge in [0, 0.05) is 20.7 Å². The molecule has 0 aliphatic carbocycles. The average Bonchev–Trinajstić information content (AvgIpc) is 2.83. The lowest BCUT2D eigenvalue weighted by molar-refractivity contribution is -0.136. The van der Waals surface area contributed by atoms with E-state index in [1.807, 2.05) is 6.92 Å². The lowest BCUT2D eigenvalue weighted by Crippen LogP contribution is -2.32. The van der Waals surface area contributed by atoms with Gasteiger partial charge in [0.15, 0.2) is 6.61 Å². The molecule has 3 aromatic carbocycles. The van der Waals surface area contributed by atoms with Crippen molar-refractivity contribution in [3.63, 3.8) is 0 Å². The summed E-state index contributed by atoms with van der Waals surface area (Å²) in [5.41, 5.74) is 4.17. The molecule has 0 aromatic heterocycles. The molecule has 186 valence electrons. The van der Waals surface area contributed by atoms with Crippen molar-refractivity contribution in [3.05, 3.63) is 85.3 Å². The van der Waals surface area contributed by atoms with Crippen LogP contribution in [0.3, 0.4) is 0 Å². The number of halogens is 4. The second-order valence-electron chi connectivity index (χ2n) is 7.23. The van der Waals surface area contributed by atoms with Gasteiger partial charge in [-0.2, -0.15) is 5.10 Å². The van der Waals surface area contributed by atoms with Gasteiger partial charge in [-0.05, 0) is 55.0 Å². The van der Waals surface area contributed by atoms with E-state index in [1.54, 1.807) is 48.5 Å². The molecule has 0 aliphatic heterocycles. The van der Waals surface area contributed by atoms with Gasteiger partial charge in [-0.3, -0.25) is 14.4 Å². The predicted octanol–water partition coefficient (Wildman–Crippen LogP) is 5.82. The van der Waals surface area contributed by atoms with Gasteiger partial charge in [0.25, 0.3) is 5.91 Å². The Morgan fingerprint density at radius 1 is 0.972 bits per heavy atom. The molecule has 0 radical (unpaired) electrons. The molecule has 0 spiro atoms. The third kappa shape index (κ3) is 7.69. The molecule has 0 aliphatic rings. The van der Waals surface area contributed by atoms with E-state index in [2.05, 4.69) is 37.1 Å². The smallest absolute Gasteiger partial charge is 0.329 e. The van der Waals surface area contributed by atoms with Gasteiger partial charge in [-0.25, -0.2) is 5.43 Å². The summed E-state index contributed by atoms with van der Waals surface area (Å²) in [5, 5.41) is 9.72. The van der Waals surface area contributed by atoms with Gasteiger partial charge in [0.1, 0.15) is 5.75 Å². The van der Waals surface area contributed by atoms with E-state index in [0.717, 1.165) is 5.56 Å². The highest BCUT2D eigenvalue weighted by Gasteiger charge is 2.16. The van der Waals surface area contributed by atoms with E-state index >= 15 is 0 Å². The number of hydrazone groups is 1. The zero-order valence-electron chi connectivity index (χ0n) is 18.6. The monoisotopic (exact) mass is 610 g/mol. The molecule has 36 heavy (non-hydrogen) atoms. The summed E-state index contributed by atoms with van der Waals surface area (Å²) < 4.78 is 6.33. The van der Waals surface area contributed by atoms with Gasteiger partial charge >= 0.3 is 11.8 Å². The third-order valence-electron chi connectivity index (χ3n) is 4.58. The number of nitrogens with one attached hydrogen (secondary N) is 3. The maximum absolute atomic E-state index is 12.4. The highest BCUT2D eigenvalue weighted by molar-refractivity contribution is 9.10. The Kier molecular flexibility index (Phi) is 9.72. The number of anilines is 2. The minimum Gasteiger partial charge on any atom is -0.483 e. The van der Waals surface area contributed by atoms with Crippen molar-refractivity contribution in [2.45, 2.75) is 6.92 Å². The van der Waals surface area contributed by atoms with Crippen molar-refractivity contribution >= 4 is 86.0 Å². The van der Waals surface area contributed by atoms with Crippen molar-refractivity contribution in [3.8, 4) is 5.75 Å². The molecule has 0 unspecified atom stereocenters. The minimum atomic E-state index is -1.03. The lowest BCUT2D eigenvalue weighted by Gasteiger charge is -2.11. The molecule has 3 rings (SSSR count). The van der Waals surface area contributed by atoms with Crippen LogP contribution in [-0.4, -0.2) is 30.5 Å². The lowest BCUT2D eigenvalue weighted by atomic mass is 10.2. The number of hydrogen-bond donors (Lipinski definition) is 3. The first-order valence-electron chi connectivity index (χ1n) is 10.2. The molecule has 3 aromatic rings. The molecule has 8 nitrogen and oxygen atoms in total. The Hall–Kier alpha value is -3.11. The summed E-state index contributed by atoms with van der Waals surface area (Å²) in [5.74, 6) is -2.09. The predicted molar refractivity (Wildman–Crippen MR) is 145 cm³/mol. The standard InChI is InChI=1S/C24H18BrCl3N4O4/c1-13-5-7-16(26)10-19(13)30-21(33)12-36-20-8-6-15(25)9-14(20)11-29-32-24(35)23(34)31-18-4-2-3-17(27)22(18)28/h2-11H,12H2,1H3,(H,30,33)(H,31,34)(H,32,35)/b29-11-. The Bertz CT molecular complexity index is 1350. The molecule has 3 N–H and O–H groups in total. The van der Waals surface area contributed by atoms with Crippen LogP contribution in [0.4, 0.5) is 11.4 Å². The van der Waals surface area contributed by atoms with Gasteiger partial charge in [-0.1, -0.05) is 62.9 Å². The van der Waals surface area contributed by atoms with Crippen molar-refractivity contribution in [2.24, 2.45) is 5.10 Å². The van der Waals surface area contributed by atoms with Crippen LogP contribution in [0.1, 0.15) is 11.1 Å². The number of rotatable bonds is 7. The number of carbonyl (C=O) groups excluding carboxylic acids is 3. The number of ether oxygens (including phenoxy) is 1. The van der Waals surface area contributed by atoms with E-state index in [1.165, 1.54) is 12.3 Å². The second kappa shape index (κ2) is 12.7. The molecule has 0 fully saturated rings. The summed E-state index contributed by atoms with van der Waals surface area (Å²) >= 11 is 21.2. The SMILES string of the molecule is Cc1ccc(Cl)cc1NC(=O)COc1ccc(Br)cc1/C=N\NC(=O)C(=O)Nc1cccc(Cl)c1Cl. The Labute approximate surface area is 230 Å². The Balaban J connectivity index is 1.60. The second-order valence-corrected chi connectivity index (χ2v) is 9.37. The van der Waals surface area contributed by atoms with Crippen LogP contribution in [0.2, 0.25) is 15.1 Å². The van der Waals surface area contributed by atoms with Crippen LogP contribution >= 0.6 is 50.7 Å². The average molecular weight is 613 g/mol. The molecule has 0 saturated carbocycles. The molecular formula is C24H18BrCl3N4O4. The molecule has 3 amide bonds. The van der Waals surface area contributed by atoms with Crippen molar-refractivity contribution in [2.75, 3.05) is 17.2 Å². The number of benzene rings is 3. The van der Waals surface area contributed by atoms with E-state index < -0.39 is 17.7 Å². The molecular weight excluding hydrogens is 595 g/mol. The number of nitrogens with zero attached hydrogens (tertiary/aromatic N) is 1. The largest absolute Gasteiger partial charge is 0.483 e.